The van der Waals surface area contributed by atoms with Crippen LogP contribution >= 0.6 is 0 Å². The van der Waals surface area contributed by atoms with Crippen LogP contribution in [-0.2, 0) is 0 Å². The number of carbonyl (C=O) groups excluding carboxylic acids is 1. The molecule has 0 unspecified atom stereocenters. The summed E-state index contributed by atoms with van der Waals surface area (Å²) in [6.07, 6.45) is 7.19. The number of amides is 1. The van der Waals surface area contributed by atoms with E-state index in [4.69, 9.17) is 9.47 Å². The number of benzene rings is 1. The summed E-state index contributed by atoms with van der Waals surface area (Å²) in [4.78, 5) is 20.6. The van der Waals surface area contributed by atoms with Crippen LogP contribution < -0.4 is 14.8 Å². The highest BCUT2D eigenvalue weighted by Gasteiger charge is 2.22. The zero-order valence-electron chi connectivity index (χ0n) is 19.3. The molecule has 32 heavy (non-hydrogen) atoms. The molecule has 0 atom stereocenters. The Balaban J connectivity index is 1.22. The fraction of sp³-hybridized carbons (Fsp3) is 0.560. The lowest BCUT2D eigenvalue weighted by atomic mass is 10.1. The Morgan fingerprint density at radius 1 is 1.16 bits per heavy atom. The van der Waals surface area contributed by atoms with Gasteiger partial charge in [-0.05, 0) is 37.3 Å². The molecule has 1 aromatic heterocycles. The summed E-state index contributed by atoms with van der Waals surface area (Å²) < 4.78 is 11.5. The molecular weight excluding hydrogens is 404 g/mol. The molecule has 3 heterocycles. The molecular formula is C25H36N4O3. The summed E-state index contributed by atoms with van der Waals surface area (Å²) >= 11 is 0. The van der Waals surface area contributed by atoms with Gasteiger partial charge >= 0.3 is 6.09 Å². The number of ether oxygens (including phenoxy) is 2. The van der Waals surface area contributed by atoms with Crippen LogP contribution in [0, 0.1) is 5.92 Å². The first-order valence-electron chi connectivity index (χ1n) is 11.9. The van der Waals surface area contributed by atoms with Crippen LogP contribution in [0.2, 0.25) is 0 Å². The summed E-state index contributed by atoms with van der Waals surface area (Å²) in [6.45, 7) is 11.4. The van der Waals surface area contributed by atoms with Crippen molar-refractivity contribution in [3.8, 4) is 11.6 Å². The molecule has 0 aliphatic carbocycles. The molecule has 1 amide bonds. The van der Waals surface area contributed by atoms with Gasteiger partial charge in [0.1, 0.15) is 5.75 Å². The topological polar surface area (TPSA) is 69.8 Å². The van der Waals surface area contributed by atoms with Crippen LogP contribution in [0.1, 0.15) is 33.1 Å². The minimum atomic E-state index is -0.403. The Morgan fingerprint density at radius 3 is 2.72 bits per heavy atom. The van der Waals surface area contributed by atoms with Gasteiger partial charge in [-0.1, -0.05) is 32.1 Å². The van der Waals surface area contributed by atoms with Crippen molar-refractivity contribution in [2.24, 2.45) is 5.92 Å². The second kappa shape index (κ2) is 10.9. The van der Waals surface area contributed by atoms with Crippen LogP contribution in [0.3, 0.4) is 0 Å². The quantitative estimate of drug-likeness (QED) is 0.607. The summed E-state index contributed by atoms with van der Waals surface area (Å²) in [6, 6.07) is 7.83. The monoisotopic (exact) mass is 440 g/mol. The fourth-order valence-electron chi connectivity index (χ4n) is 4.31. The molecule has 0 spiro atoms. The maximum atomic E-state index is 12.5. The first kappa shape index (κ1) is 22.7. The van der Waals surface area contributed by atoms with E-state index in [-0.39, 0.29) is 6.04 Å². The number of carbonyl (C=O) groups is 1. The first-order chi connectivity index (χ1) is 15.6. The summed E-state index contributed by atoms with van der Waals surface area (Å²) in [5.74, 6) is 1.68. The molecule has 7 nitrogen and oxygen atoms in total. The number of aromatic nitrogens is 1. The van der Waals surface area contributed by atoms with Gasteiger partial charge in [-0.3, -0.25) is 4.90 Å². The third-order valence-electron chi connectivity index (χ3n) is 6.16. The van der Waals surface area contributed by atoms with Gasteiger partial charge in [-0.15, -0.1) is 0 Å². The van der Waals surface area contributed by atoms with Crippen LogP contribution in [0.5, 0.6) is 11.6 Å². The van der Waals surface area contributed by atoms with E-state index in [1.165, 1.54) is 6.54 Å². The third kappa shape index (κ3) is 6.26. The van der Waals surface area contributed by atoms with Crippen molar-refractivity contribution in [2.45, 2.75) is 39.2 Å². The number of fused-ring (bicyclic) bond motifs is 1. The molecule has 1 saturated heterocycles. The van der Waals surface area contributed by atoms with E-state index < -0.39 is 6.09 Å². The number of hydrogen-bond donors (Lipinski definition) is 2. The molecule has 1 aromatic carbocycles. The largest absolute Gasteiger partial charge is 0.493 e. The Labute approximate surface area is 190 Å². The molecule has 2 N–H and O–H groups in total. The van der Waals surface area contributed by atoms with Crippen molar-refractivity contribution in [1.29, 1.82) is 0 Å². The van der Waals surface area contributed by atoms with Gasteiger partial charge < -0.3 is 24.7 Å². The maximum absolute atomic E-state index is 12.5. The lowest BCUT2D eigenvalue weighted by molar-refractivity contribution is 0.158. The third-order valence-corrected chi connectivity index (χ3v) is 6.16. The SMILES string of the molecule is CC(C)COc1cccc2[nH]c(OC(=O)NC3CCN(CCN4CC=CCC4)CC3)cc12. The predicted octanol–water partition coefficient (Wildman–Crippen LogP) is 4.02. The second-order valence-corrected chi connectivity index (χ2v) is 9.27. The normalized spacial score (nSPS) is 18.3. The van der Waals surface area contributed by atoms with E-state index in [9.17, 15) is 4.79 Å². The predicted molar refractivity (Wildman–Crippen MR) is 127 cm³/mol. The molecule has 2 aliphatic rings. The van der Waals surface area contributed by atoms with Gasteiger partial charge in [0, 0.05) is 56.8 Å². The first-order valence-corrected chi connectivity index (χ1v) is 11.9. The lowest BCUT2D eigenvalue weighted by Gasteiger charge is -2.33. The van der Waals surface area contributed by atoms with Crippen molar-refractivity contribution >= 4 is 17.0 Å². The molecule has 2 aromatic rings. The van der Waals surface area contributed by atoms with Crippen molar-refractivity contribution in [3.63, 3.8) is 0 Å². The minimum Gasteiger partial charge on any atom is -0.493 e. The Kier molecular flexibility index (Phi) is 7.71. The van der Waals surface area contributed by atoms with E-state index >= 15 is 0 Å². The zero-order valence-corrected chi connectivity index (χ0v) is 19.3. The van der Waals surface area contributed by atoms with Crippen LogP contribution in [0.4, 0.5) is 4.79 Å². The van der Waals surface area contributed by atoms with Gasteiger partial charge in [0.25, 0.3) is 0 Å². The van der Waals surface area contributed by atoms with E-state index in [2.05, 4.69) is 46.1 Å². The molecule has 0 radical (unpaired) electrons. The number of nitrogens with one attached hydrogen (secondary N) is 2. The molecule has 1 fully saturated rings. The second-order valence-electron chi connectivity index (χ2n) is 9.27. The van der Waals surface area contributed by atoms with Crippen LogP contribution in [-0.4, -0.2) is 72.8 Å². The minimum absolute atomic E-state index is 0.158. The smallest absolute Gasteiger partial charge is 0.414 e. The number of hydrogen-bond acceptors (Lipinski definition) is 5. The summed E-state index contributed by atoms with van der Waals surface area (Å²) in [5.41, 5.74) is 0.895. The number of nitrogens with zero attached hydrogens (tertiary/aromatic N) is 2. The van der Waals surface area contributed by atoms with Gasteiger partial charge in [-0.25, -0.2) is 4.79 Å². The molecule has 2 aliphatic heterocycles. The van der Waals surface area contributed by atoms with Crippen LogP contribution in [0.25, 0.3) is 10.9 Å². The molecule has 0 saturated carbocycles. The average molecular weight is 441 g/mol. The number of aromatic amines is 1. The van der Waals surface area contributed by atoms with E-state index in [1.807, 2.05) is 24.3 Å². The van der Waals surface area contributed by atoms with E-state index in [0.29, 0.717) is 18.4 Å². The van der Waals surface area contributed by atoms with Gasteiger partial charge in [0.15, 0.2) is 0 Å². The molecule has 4 rings (SSSR count). The lowest BCUT2D eigenvalue weighted by Crippen LogP contribution is -2.47. The van der Waals surface area contributed by atoms with Crippen molar-refractivity contribution < 1.29 is 14.3 Å². The Morgan fingerprint density at radius 2 is 1.97 bits per heavy atom. The van der Waals surface area contributed by atoms with Gasteiger partial charge in [-0.2, -0.15) is 0 Å². The molecule has 174 valence electrons. The highest BCUT2D eigenvalue weighted by atomic mass is 16.6. The highest BCUT2D eigenvalue weighted by Crippen LogP contribution is 2.29. The Hall–Kier alpha value is -2.51. The van der Waals surface area contributed by atoms with E-state index in [0.717, 1.165) is 68.6 Å². The molecule has 0 bridgehead atoms. The number of rotatable bonds is 8. The maximum Gasteiger partial charge on any atom is 0.414 e. The van der Waals surface area contributed by atoms with Gasteiger partial charge in [0.05, 0.1) is 12.1 Å². The van der Waals surface area contributed by atoms with Gasteiger partial charge in [0.2, 0.25) is 5.88 Å². The fourth-order valence-corrected chi connectivity index (χ4v) is 4.31. The standard InChI is InChI=1S/C25H36N4O3/c1-19(2)18-31-23-8-6-7-22-21(23)17-24(27-22)32-25(30)26-20-9-13-29(14-10-20)16-15-28-11-4-3-5-12-28/h3-4,6-8,17,19-20,27H,5,9-16,18H2,1-2H3,(H,26,30). The van der Waals surface area contributed by atoms with Crippen LogP contribution in [0.15, 0.2) is 36.4 Å². The number of piperidine rings is 1. The summed E-state index contributed by atoms with van der Waals surface area (Å²) in [7, 11) is 0. The van der Waals surface area contributed by atoms with Crippen molar-refractivity contribution in [2.75, 3.05) is 45.9 Å². The number of likely N-dealkylation sites (tertiary alicyclic amines) is 1. The van der Waals surface area contributed by atoms with Crippen molar-refractivity contribution in [3.05, 3.63) is 36.4 Å². The van der Waals surface area contributed by atoms with Crippen molar-refractivity contribution in [1.82, 2.24) is 20.1 Å². The number of H-pyrrole nitrogens is 1. The highest BCUT2D eigenvalue weighted by molar-refractivity contribution is 5.88. The van der Waals surface area contributed by atoms with E-state index in [1.54, 1.807) is 0 Å². The average Bonchev–Trinajstić information content (AvgIpc) is 3.20. The molecule has 7 heteroatoms. The zero-order chi connectivity index (χ0) is 22.3. The Bertz CT molecular complexity index is 915. The summed E-state index contributed by atoms with van der Waals surface area (Å²) in [5, 5.41) is 3.96.